The van der Waals surface area contributed by atoms with Gasteiger partial charge in [-0.15, -0.1) is 0 Å². The second-order valence-corrected chi connectivity index (χ2v) is 4.40. The minimum absolute atomic E-state index is 0.0624. The number of hydrogen-bond donors (Lipinski definition) is 2. The van der Waals surface area contributed by atoms with Crippen molar-refractivity contribution in [2.45, 2.75) is 44.2 Å². The van der Waals surface area contributed by atoms with E-state index in [1.54, 1.807) is 0 Å². The maximum Gasteiger partial charge on any atom is 0.303 e. The number of carboxylic acid groups (broad SMARTS) is 1. The highest BCUT2D eigenvalue weighted by molar-refractivity contribution is 5.66. The molecular formula is C10H19NO3. The van der Waals surface area contributed by atoms with Crippen molar-refractivity contribution in [3.05, 3.63) is 0 Å². The van der Waals surface area contributed by atoms with Gasteiger partial charge in [-0.1, -0.05) is 0 Å². The molecule has 0 aromatic heterocycles. The van der Waals surface area contributed by atoms with Crippen molar-refractivity contribution in [3.63, 3.8) is 0 Å². The Morgan fingerprint density at radius 1 is 1.64 bits per heavy atom. The molecule has 1 heterocycles. The molecule has 4 nitrogen and oxygen atoms in total. The Hall–Kier alpha value is -0.610. The van der Waals surface area contributed by atoms with Gasteiger partial charge < -0.3 is 15.1 Å². The van der Waals surface area contributed by atoms with Gasteiger partial charge in [-0.25, -0.2) is 0 Å². The minimum Gasteiger partial charge on any atom is -0.481 e. The van der Waals surface area contributed by atoms with Crippen molar-refractivity contribution < 1.29 is 15.0 Å². The van der Waals surface area contributed by atoms with Gasteiger partial charge in [-0.05, 0) is 33.2 Å². The third kappa shape index (κ3) is 2.96. The first-order valence-electron chi connectivity index (χ1n) is 5.07. The van der Waals surface area contributed by atoms with Gasteiger partial charge in [0.1, 0.15) is 0 Å². The lowest BCUT2D eigenvalue weighted by atomic mass is 9.84. The number of carboxylic acids is 1. The molecule has 82 valence electrons. The van der Waals surface area contributed by atoms with Crippen LogP contribution in [-0.2, 0) is 4.79 Å². The van der Waals surface area contributed by atoms with E-state index in [0.717, 1.165) is 6.54 Å². The number of nitrogens with zero attached hydrogens (tertiary/aromatic N) is 1. The third-order valence-electron chi connectivity index (χ3n) is 3.16. The van der Waals surface area contributed by atoms with Crippen LogP contribution in [0.25, 0.3) is 0 Å². The van der Waals surface area contributed by atoms with Crippen molar-refractivity contribution in [1.29, 1.82) is 0 Å². The average Bonchev–Trinajstić information content (AvgIpc) is 2.09. The zero-order valence-electron chi connectivity index (χ0n) is 8.86. The van der Waals surface area contributed by atoms with E-state index in [2.05, 4.69) is 11.8 Å². The molecular weight excluding hydrogens is 182 g/mol. The molecule has 1 rings (SSSR count). The van der Waals surface area contributed by atoms with Gasteiger partial charge >= 0.3 is 5.97 Å². The topological polar surface area (TPSA) is 60.8 Å². The van der Waals surface area contributed by atoms with Gasteiger partial charge in [0.15, 0.2) is 0 Å². The van der Waals surface area contributed by atoms with E-state index in [1.165, 1.54) is 0 Å². The predicted octanol–water partition coefficient (Wildman–Crippen LogP) is 0.696. The van der Waals surface area contributed by atoms with Crippen molar-refractivity contribution in [3.8, 4) is 0 Å². The fourth-order valence-corrected chi connectivity index (χ4v) is 1.98. The van der Waals surface area contributed by atoms with E-state index >= 15 is 0 Å². The highest BCUT2D eigenvalue weighted by Crippen LogP contribution is 2.29. The van der Waals surface area contributed by atoms with E-state index in [4.69, 9.17) is 5.11 Å². The molecule has 0 bridgehead atoms. The SMILES string of the molecule is CC1CC(O)(CCC(=O)O)CCN1C. The van der Waals surface area contributed by atoms with E-state index in [0.29, 0.717) is 25.3 Å². The van der Waals surface area contributed by atoms with Gasteiger partial charge in [0.25, 0.3) is 0 Å². The van der Waals surface area contributed by atoms with Crippen LogP contribution in [0.5, 0.6) is 0 Å². The summed E-state index contributed by atoms with van der Waals surface area (Å²) in [4.78, 5) is 12.6. The molecule has 0 spiro atoms. The van der Waals surface area contributed by atoms with Crippen LogP contribution < -0.4 is 0 Å². The van der Waals surface area contributed by atoms with Gasteiger partial charge in [0.05, 0.1) is 5.60 Å². The Kier molecular flexibility index (Phi) is 3.50. The summed E-state index contributed by atoms with van der Waals surface area (Å²) in [7, 11) is 2.03. The summed E-state index contributed by atoms with van der Waals surface area (Å²) in [6.45, 7) is 2.90. The van der Waals surface area contributed by atoms with E-state index < -0.39 is 11.6 Å². The standard InChI is InChI=1S/C10H19NO3/c1-8-7-10(14,4-3-9(12)13)5-6-11(8)2/h8,14H,3-7H2,1-2H3,(H,12,13). The highest BCUT2D eigenvalue weighted by atomic mass is 16.4. The lowest BCUT2D eigenvalue weighted by Gasteiger charge is -2.40. The second-order valence-electron chi connectivity index (χ2n) is 4.40. The molecule has 0 aliphatic carbocycles. The predicted molar refractivity (Wildman–Crippen MR) is 53.1 cm³/mol. The molecule has 0 amide bonds. The lowest BCUT2D eigenvalue weighted by molar-refractivity contribution is -0.139. The molecule has 1 saturated heterocycles. The summed E-state index contributed by atoms with van der Waals surface area (Å²) in [6.07, 6.45) is 1.80. The van der Waals surface area contributed by atoms with Crippen LogP contribution in [0.1, 0.15) is 32.6 Å². The summed E-state index contributed by atoms with van der Waals surface area (Å²) >= 11 is 0. The molecule has 1 fully saturated rings. The normalized spacial score (nSPS) is 34.4. The number of likely N-dealkylation sites (tertiary alicyclic amines) is 1. The molecule has 2 N–H and O–H groups in total. The summed E-state index contributed by atoms with van der Waals surface area (Å²) in [5, 5.41) is 18.7. The van der Waals surface area contributed by atoms with Crippen LogP contribution in [0.2, 0.25) is 0 Å². The fraction of sp³-hybridized carbons (Fsp3) is 0.900. The second kappa shape index (κ2) is 4.28. The number of rotatable bonds is 3. The van der Waals surface area contributed by atoms with Crippen molar-refractivity contribution in [2.24, 2.45) is 0 Å². The molecule has 4 heteroatoms. The van der Waals surface area contributed by atoms with Gasteiger partial charge in [-0.2, -0.15) is 0 Å². The Morgan fingerprint density at radius 3 is 2.79 bits per heavy atom. The van der Waals surface area contributed by atoms with Crippen LogP contribution in [0.15, 0.2) is 0 Å². The quantitative estimate of drug-likeness (QED) is 0.705. The lowest BCUT2D eigenvalue weighted by Crippen LogP contribution is -2.47. The van der Waals surface area contributed by atoms with Crippen LogP contribution in [0.3, 0.4) is 0 Å². The molecule has 0 aromatic carbocycles. The first kappa shape index (κ1) is 11.5. The van der Waals surface area contributed by atoms with Gasteiger partial charge in [0, 0.05) is 19.0 Å². The number of aliphatic carboxylic acids is 1. The summed E-state index contributed by atoms with van der Waals surface area (Å²) in [6, 6.07) is 0.336. The smallest absolute Gasteiger partial charge is 0.303 e. The molecule has 0 aromatic rings. The molecule has 1 aliphatic rings. The Bertz CT molecular complexity index is 219. The van der Waals surface area contributed by atoms with E-state index in [9.17, 15) is 9.90 Å². The Labute approximate surface area is 84.5 Å². The summed E-state index contributed by atoms with van der Waals surface area (Å²) in [5.41, 5.74) is -0.760. The monoisotopic (exact) mass is 201 g/mol. The molecule has 0 saturated carbocycles. The Balaban J connectivity index is 2.45. The van der Waals surface area contributed by atoms with Crippen molar-refractivity contribution in [2.75, 3.05) is 13.6 Å². The van der Waals surface area contributed by atoms with Gasteiger partial charge in [-0.3, -0.25) is 4.79 Å². The maximum atomic E-state index is 10.4. The average molecular weight is 201 g/mol. The fourth-order valence-electron chi connectivity index (χ4n) is 1.98. The van der Waals surface area contributed by atoms with Crippen LogP contribution in [-0.4, -0.2) is 46.3 Å². The molecule has 0 radical (unpaired) electrons. The van der Waals surface area contributed by atoms with E-state index in [1.807, 2.05) is 7.05 Å². The van der Waals surface area contributed by atoms with Crippen LogP contribution >= 0.6 is 0 Å². The zero-order chi connectivity index (χ0) is 10.8. The third-order valence-corrected chi connectivity index (χ3v) is 3.16. The first-order chi connectivity index (χ1) is 6.43. The van der Waals surface area contributed by atoms with Crippen molar-refractivity contribution >= 4 is 5.97 Å². The maximum absolute atomic E-state index is 10.4. The van der Waals surface area contributed by atoms with E-state index in [-0.39, 0.29) is 6.42 Å². The van der Waals surface area contributed by atoms with Crippen LogP contribution in [0, 0.1) is 0 Å². The first-order valence-corrected chi connectivity index (χ1v) is 5.07. The molecule has 2 atom stereocenters. The summed E-state index contributed by atoms with van der Waals surface area (Å²) < 4.78 is 0. The van der Waals surface area contributed by atoms with Crippen molar-refractivity contribution in [1.82, 2.24) is 4.90 Å². The Morgan fingerprint density at radius 2 is 2.29 bits per heavy atom. The molecule has 14 heavy (non-hydrogen) atoms. The molecule has 1 aliphatic heterocycles. The molecule has 2 unspecified atom stereocenters. The van der Waals surface area contributed by atoms with Gasteiger partial charge in [0.2, 0.25) is 0 Å². The number of carbonyl (C=O) groups is 1. The van der Waals surface area contributed by atoms with Crippen LogP contribution in [0.4, 0.5) is 0 Å². The highest BCUT2D eigenvalue weighted by Gasteiger charge is 2.34. The number of hydrogen-bond acceptors (Lipinski definition) is 3. The largest absolute Gasteiger partial charge is 0.481 e. The number of piperidine rings is 1. The minimum atomic E-state index is -0.829. The number of aliphatic hydroxyl groups is 1. The summed E-state index contributed by atoms with van der Waals surface area (Å²) in [5.74, 6) is -0.829. The zero-order valence-corrected chi connectivity index (χ0v) is 8.86.